The minimum atomic E-state index is -1.08. The number of thiocarbonyl (C=S) groups is 1. The van der Waals surface area contributed by atoms with Crippen molar-refractivity contribution in [2.75, 3.05) is 6.61 Å². The highest BCUT2D eigenvalue weighted by Crippen LogP contribution is 2.34. The fourth-order valence-electron chi connectivity index (χ4n) is 1.96. The maximum absolute atomic E-state index is 12.3. The molecule has 1 aromatic rings. The Morgan fingerprint density at radius 2 is 2.09 bits per heavy atom. The minimum absolute atomic E-state index is 0.263. The van der Waals surface area contributed by atoms with Crippen molar-refractivity contribution >= 4 is 46.3 Å². The topological polar surface area (TPSA) is 66.8 Å². The van der Waals surface area contributed by atoms with Crippen molar-refractivity contribution < 1.29 is 19.4 Å². The lowest BCUT2D eigenvalue weighted by Crippen LogP contribution is -2.41. The molecule has 0 unspecified atom stereocenters. The van der Waals surface area contributed by atoms with E-state index in [1.54, 1.807) is 6.08 Å². The van der Waals surface area contributed by atoms with Gasteiger partial charge in [-0.05, 0) is 37.1 Å². The van der Waals surface area contributed by atoms with Crippen molar-refractivity contribution in [3.63, 3.8) is 0 Å². The van der Waals surface area contributed by atoms with Gasteiger partial charge in [-0.25, -0.2) is 4.79 Å². The summed E-state index contributed by atoms with van der Waals surface area (Å²) < 4.78 is 5.77. The molecule has 0 bridgehead atoms. The van der Waals surface area contributed by atoms with E-state index in [4.69, 9.17) is 22.1 Å². The first-order valence-electron chi connectivity index (χ1n) is 7.16. The molecule has 1 amide bonds. The number of hydrogen-bond donors (Lipinski definition) is 1. The van der Waals surface area contributed by atoms with Crippen molar-refractivity contribution in [1.29, 1.82) is 0 Å². The summed E-state index contributed by atoms with van der Waals surface area (Å²) in [4.78, 5) is 25.0. The molecule has 0 aromatic heterocycles. The van der Waals surface area contributed by atoms with Crippen molar-refractivity contribution in [2.45, 2.75) is 26.3 Å². The number of amides is 1. The molecular formula is C16H17NO4S2. The van der Waals surface area contributed by atoms with Crippen molar-refractivity contribution in [1.82, 2.24) is 4.90 Å². The summed E-state index contributed by atoms with van der Waals surface area (Å²) >= 11 is 6.23. The van der Waals surface area contributed by atoms with Crippen LogP contribution >= 0.6 is 24.0 Å². The third-order valence-corrected chi connectivity index (χ3v) is 4.55. The summed E-state index contributed by atoms with van der Waals surface area (Å²) in [6.07, 6.45) is 2.64. The van der Waals surface area contributed by atoms with Gasteiger partial charge in [0.2, 0.25) is 0 Å². The number of carboxylic acids is 1. The molecule has 1 N–H and O–H groups in total. The Kier molecular flexibility index (Phi) is 5.79. The van der Waals surface area contributed by atoms with Crippen LogP contribution in [0.4, 0.5) is 0 Å². The molecule has 0 aliphatic carbocycles. The van der Waals surface area contributed by atoms with Crippen LogP contribution in [0.2, 0.25) is 0 Å². The Hall–Kier alpha value is -1.86. The number of nitrogens with zero attached hydrogens (tertiary/aromatic N) is 1. The van der Waals surface area contributed by atoms with Gasteiger partial charge in [0.1, 0.15) is 16.1 Å². The Morgan fingerprint density at radius 1 is 1.43 bits per heavy atom. The molecule has 1 aliphatic heterocycles. The van der Waals surface area contributed by atoms with Crippen molar-refractivity contribution in [3.05, 3.63) is 34.7 Å². The van der Waals surface area contributed by atoms with Crippen LogP contribution in [0, 0.1) is 0 Å². The number of hydrogen-bond acceptors (Lipinski definition) is 5. The summed E-state index contributed by atoms with van der Waals surface area (Å²) in [5, 5.41) is 9.06. The lowest BCUT2D eigenvalue weighted by Gasteiger charge is -2.18. The molecule has 0 saturated carbocycles. The second-order valence-electron chi connectivity index (χ2n) is 4.98. The first-order valence-corrected chi connectivity index (χ1v) is 8.39. The largest absolute Gasteiger partial charge is 0.494 e. The zero-order valence-electron chi connectivity index (χ0n) is 12.8. The molecule has 0 radical (unpaired) electrons. The van der Waals surface area contributed by atoms with Gasteiger partial charge in [0.25, 0.3) is 5.91 Å². The number of aliphatic carboxylic acids is 1. The van der Waals surface area contributed by atoms with Crippen LogP contribution in [0.15, 0.2) is 29.2 Å². The zero-order chi connectivity index (χ0) is 17.0. The zero-order valence-corrected chi connectivity index (χ0v) is 14.4. The predicted molar refractivity (Wildman–Crippen MR) is 94.3 cm³/mol. The number of rotatable bonds is 6. The molecule has 0 spiro atoms. The Morgan fingerprint density at radius 3 is 2.65 bits per heavy atom. The molecule has 1 saturated heterocycles. The van der Waals surface area contributed by atoms with Crippen LogP contribution < -0.4 is 4.74 Å². The van der Waals surface area contributed by atoms with Crippen LogP contribution in [0.3, 0.4) is 0 Å². The first kappa shape index (κ1) is 17.5. The molecule has 1 aliphatic rings. The summed E-state index contributed by atoms with van der Waals surface area (Å²) in [5.74, 6) is -0.683. The second kappa shape index (κ2) is 7.61. The summed E-state index contributed by atoms with van der Waals surface area (Å²) in [5.41, 5.74) is 0.831. The fraction of sp³-hybridized carbons (Fsp3) is 0.312. The lowest BCUT2D eigenvalue weighted by molar-refractivity contribution is -0.144. The summed E-state index contributed by atoms with van der Waals surface area (Å²) in [7, 11) is 0. The third-order valence-electron chi connectivity index (χ3n) is 3.22. The van der Waals surface area contributed by atoms with E-state index in [1.807, 2.05) is 31.2 Å². The van der Waals surface area contributed by atoms with E-state index in [-0.39, 0.29) is 10.2 Å². The molecule has 122 valence electrons. The van der Waals surface area contributed by atoms with E-state index < -0.39 is 12.0 Å². The Balaban J connectivity index is 2.15. The van der Waals surface area contributed by atoms with E-state index in [9.17, 15) is 9.59 Å². The third kappa shape index (κ3) is 4.11. The number of ether oxygens (including phenoxy) is 1. The maximum atomic E-state index is 12.3. The Labute approximate surface area is 144 Å². The van der Waals surface area contributed by atoms with Gasteiger partial charge in [-0.3, -0.25) is 9.69 Å². The molecule has 2 rings (SSSR count). The van der Waals surface area contributed by atoms with Gasteiger partial charge in [-0.1, -0.05) is 43.0 Å². The van der Waals surface area contributed by atoms with Gasteiger partial charge >= 0.3 is 5.97 Å². The SMILES string of the molecule is CCCOc1ccc(/C=C2/SC(=S)N([C@@H](C)C(=O)O)C2=O)cc1. The highest BCUT2D eigenvalue weighted by molar-refractivity contribution is 8.26. The molecule has 1 aromatic carbocycles. The standard InChI is InChI=1S/C16H17NO4S2/c1-3-8-21-12-6-4-11(5-7-12)9-13-14(18)17(16(22)23-13)10(2)15(19)20/h4-7,9-10H,3,8H2,1-2H3,(H,19,20)/b13-9+/t10-/m0/s1. The van der Waals surface area contributed by atoms with Gasteiger partial charge in [-0.2, -0.15) is 0 Å². The Bertz CT molecular complexity index is 655. The van der Waals surface area contributed by atoms with E-state index in [1.165, 1.54) is 6.92 Å². The van der Waals surface area contributed by atoms with Gasteiger partial charge in [0.15, 0.2) is 0 Å². The number of carbonyl (C=O) groups excluding carboxylic acids is 1. The van der Waals surface area contributed by atoms with Gasteiger partial charge in [0, 0.05) is 0 Å². The molecule has 5 nitrogen and oxygen atoms in total. The van der Waals surface area contributed by atoms with E-state index >= 15 is 0 Å². The van der Waals surface area contributed by atoms with E-state index in [0.717, 1.165) is 34.4 Å². The van der Waals surface area contributed by atoms with Gasteiger partial charge in [-0.15, -0.1) is 0 Å². The highest BCUT2D eigenvalue weighted by Gasteiger charge is 2.38. The van der Waals surface area contributed by atoms with E-state index in [0.29, 0.717) is 11.5 Å². The number of carbonyl (C=O) groups is 2. The molecule has 1 fully saturated rings. The van der Waals surface area contributed by atoms with Gasteiger partial charge < -0.3 is 9.84 Å². The molecule has 7 heteroatoms. The average molecular weight is 351 g/mol. The lowest BCUT2D eigenvalue weighted by atomic mass is 10.2. The summed E-state index contributed by atoms with van der Waals surface area (Å²) in [6, 6.07) is 6.39. The summed E-state index contributed by atoms with van der Waals surface area (Å²) in [6.45, 7) is 4.13. The van der Waals surface area contributed by atoms with E-state index in [2.05, 4.69) is 0 Å². The highest BCUT2D eigenvalue weighted by atomic mass is 32.2. The normalized spacial score (nSPS) is 17.7. The van der Waals surface area contributed by atoms with Crippen LogP contribution in [0.5, 0.6) is 5.75 Å². The molecule has 1 atom stereocenters. The minimum Gasteiger partial charge on any atom is -0.494 e. The molecule has 23 heavy (non-hydrogen) atoms. The molecule has 1 heterocycles. The average Bonchev–Trinajstić information content (AvgIpc) is 2.80. The quantitative estimate of drug-likeness (QED) is 0.627. The van der Waals surface area contributed by atoms with Crippen molar-refractivity contribution in [2.24, 2.45) is 0 Å². The monoisotopic (exact) mass is 351 g/mol. The van der Waals surface area contributed by atoms with Crippen LogP contribution in [-0.2, 0) is 9.59 Å². The van der Waals surface area contributed by atoms with Crippen LogP contribution in [-0.4, -0.2) is 38.9 Å². The van der Waals surface area contributed by atoms with Crippen LogP contribution in [0.1, 0.15) is 25.8 Å². The first-order chi connectivity index (χ1) is 10.9. The fourth-order valence-corrected chi connectivity index (χ4v) is 3.37. The molecular weight excluding hydrogens is 334 g/mol. The number of carboxylic acid groups (broad SMARTS) is 1. The number of benzene rings is 1. The van der Waals surface area contributed by atoms with Crippen molar-refractivity contribution in [3.8, 4) is 5.75 Å². The predicted octanol–water partition coefficient (Wildman–Crippen LogP) is 3.15. The smallest absolute Gasteiger partial charge is 0.326 e. The number of thioether (sulfide) groups is 1. The maximum Gasteiger partial charge on any atom is 0.326 e. The van der Waals surface area contributed by atoms with Crippen LogP contribution in [0.25, 0.3) is 6.08 Å². The second-order valence-corrected chi connectivity index (χ2v) is 6.66. The van der Waals surface area contributed by atoms with Gasteiger partial charge in [0.05, 0.1) is 11.5 Å².